The van der Waals surface area contributed by atoms with E-state index >= 15 is 0 Å². The summed E-state index contributed by atoms with van der Waals surface area (Å²) in [6.07, 6.45) is 1.91. The molecule has 0 bridgehead atoms. The van der Waals surface area contributed by atoms with Crippen LogP contribution < -0.4 is 4.72 Å². The molecule has 0 saturated carbocycles. The Labute approximate surface area is 137 Å². The molecule has 126 valence electrons. The zero-order chi connectivity index (χ0) is 16.9. The average molecular weight is 343 g/mol. The van der Waals surface area contributed by atoms with Gasteiger partial charge in [-0.2, -0.15) is 0 Å². The molecule has 0 aromatic heterocycles. The lowest BCUT2D eigenvalue weighted by Gasteiger charge is -2.22. The predicted octanol–water partition coefficient (Wildman–Crippen LogP) is 5.15. The van der Waals surface area contributed by atoms with Gasteiger partial charge in [-0.1, -0.05) is 67.7 Å². The van der Waals surface area contributed by atoms with Crippen LogP contribution >= 0.6 is 7.92 Å². The Balaban J connectivity index is 3.20. The first kappa shape index (κ1) is 19.4. The highest BCUT2D eigenvalue weighted by molar-refractivity contribution is 7.99. The first-order valence-corrected chi connectivity index (χ1v) is 11.6. The van der Waals surface area contributed by atoms with Crippen molar-refractivity contribution in [3.05, 3.63) is 29.3 Å². The molecule has 0 fully saturated rings. The third-order valence-electron chi connectivity index (χ3n) is 3.88. The molecule has 0 amide bonds. The summed E-state index contributed by atoms with van der Waals surface area (Å²) in [5.74, 6) is 0.575. The van der Waals surface area contributed by atoms with Crippen LogP contribution in [0.1, 0.15) is 64.5 Å². The van der Waals surface area contributed by atoms with E-state index in [9.17, 15) is 8.42 Å². The molecule has 22 heavy (non-hydrogen) atoms. The molecule has 0 spiro atoms. The molecule has 0 heterocycles. The van der Waals surface area contributed by atoms with Gasteiger partial charge in [0.15, 0.2) is 0 Å². The molecule has 0 atom stereocenters. The van der Waals surface area contributed by atoms with Gasteiger partial charge in [-0.05, 0) is 35.3 Å². The fourth-order valence-corrected chi connectivity index (χ4v) is 7.14. The Morgan fingerprint density at radius 1 is 1.00 bits per heavy atom. The lowest BCUT2D eigenvalue weighted by Crippen LogP contribution is -2.19. The van der Waals surface area contributed by atoms with Gasteiger partial charge in [0.1, 0.15) is 0 Å². The van der Waals surface area contributed by atoms with Gasteiger partial charge in [-0.3, -0.25) is 4.72 Å². The van der Waals surface area contributed by atoms with Crippen LogP contribution in [0.25, 0.3) is 0 Å². The second kappa shape index (κ2) is 8.31. The number of anilines is 1. The van der Waals surface area contributed by atoms with E-state index in [4.69, 9.17) is 0 Å². The fraction of sp³-hybridized carbons (Fsp3) is 0.647. The van der Waals surface area contributed by atoms with E-state index < -0.39 is 17.9 Å². The Bertz CT molecular complexity index is 552. The Hall–Kier alpha value is -0.600. The van der Waals surface area contributed by atoms with Gasteiger partial charge in [0.2, 0.25) is 10.0 Å². The summed E-state index contributed by atoms with van der Waals surface area (Å²) in [6, 6.07) is 6.07. The van der Waals surface area contributed by atoms with E-state index in [0.717, 1.165) is 29.1 Å². The summed E-state index contributed by atoms with van der Waals surface area (Å²) in [6.45, 7) is 12.5. The van der Waals surface area contributed by atoms with Crippen LogP contribution in [0.2, 0.25) is 0 Å². The van der Waals surface area contributed by atoms with E-state index in [1.165, 1.54) is 0 Å². The second-order valence-corrected chi connectivity index (χ2v) is 11.3. The lowest BCUT2D eigenvalue weighted by atomic mass is 9.93. The SMILES string of the molecule is CCP(CC)CS(=O)(=O)Nc1c(C(C)C)cccc1C(C)C. The first-order valence-electron chi connectivity index (χ1n) is 8.07. The predicted molar refractivity (Wildman–Crippen MR) is 100 cm³/mol. The van der Waals surface area contributed by atoms with Crippen molar-refractivity contribution in [1.82, 2.24) is 0 Å². The molecular formula is C17H30NO2PS. The van der Waals surface area contributed by atoms with Crippen molar-refractivity contribution in [3.63, 3.8) is 0 Å². The maximum Gasteiger partial charge on any atom is 0.236 e. The van der Waals surface area contributed by atoms with Crippen molar-refractivity contribution in [2.75, 3.05) is 22.5 Å². The third-order valence-corrected chi connectivity index (χ3v) is 9.00. The first-order chi connectivity index (χ1) is 10.2. The molecule has 1 N–H and O–H groups in total. The molecular weight excluding hydrogens is 313 g/mol. The van der Waals surface area contributed by atoms with Crippen LogP contribution in [-0.2, 0) is 10.0 Å². The zero-order valence-electron chi connectivity index (χ0n) is 14.7. The van der Waals surface area contributed by atoms with Crippen molar-refractivity contribution in [2.24, 2.45) is 0 Å². The number of sulfonamides is 1. The highest BCUT2D eigenvalue weighted by Crippen LogP contribution is 2.38. The van der Waals surface area contributed by atoms with Crippen LogP contribution in [0.15, 0.2) is 18.2 Å². The average Bonchev–Trinajstić information content (AvgIpc) is 2.44. The quantitative estimate of drug-likeness (QED) is 0.663. The molecule has 1 aromatic rings. The van der Waals surface area contributed by atoms with E-state index in [0.29, 0.717) is 0 Å². The molecule has 0 aliphatic carbocycles. The zero-order valence-corrected chi connectivity index (χ0v) is 16.4. The van der Waals surface area contributed by atoms with Crippen molar-refractivity contribution in [3.8, 4) is 0 Å². The Morgan fingerprint density at radius 2 is 1.45 bits per heavy atom. The molecule has 0 aliphatic rings. The van der Waals surface area contributed by atoms with Gasteiger partial charge in [0, 0.05) is 0 Å². The van der Waals surface area contributed by atoms with Gasteiger partial charge in [0.25, 0.3) is 0 Å². The molecule has 3 nitrogen and oxygen atoms in total. The third kappa shape index (κ3) is 5.24. The normalized spacial score (nSPS) is 12.4. The Kier molecular flexibility index (Phi) is 7.34. The van der Waals surface area contributed by atoms with E-state index in [2.05, 4.69) is 46.3 Å². The van der Waals surface area contributed by atoms with Gasteiger partial charge in [-0.15, -0.1) is 0 Å². The second-order valence-electron chi connectivity index (χ2n) is 6.27. The molecule has 5 heteroatoms. The molecule has 0 unspecified atom stereocenters. The smallest absolute Gasteiger partial charge is 0.236 e. The number of hydrogen-bond donors (Lipinski definition) is 1. The van der Waals surface area contributed by atoms with Gasteiger partial charge >= 0.3 is 0 Å². The van der Waals surface area contributed by atoms with E-state index in [1.807, 2.05) is 18.2 Å². The van der Waals surface area contributed by atoms with Crippen LogP contribution in [0, 0.1) is 0 Å². The van der Waals surface area contributed by atoms with Crippen LogP contribution in [0.3, 0.4) is 0 Å². The summed E-state index contributed by atoms with van der Waals surface area (Å²) in [5, 5.41) is 0. The summed E-state index contributed by atoms with van der Waals surface area (Å²) in [7, 11) is -3.73. The van der Waals surface area contributed by atoms with Gasteiger partial charge in [0.05, 0.1) is 11.2 Å². The number of rotatable bonds is 8. The minimum atomic E-state index is -3.29. The maximum atomic E-state index is 12.6. The molecule has 0 saturated heterocycles. The summed E-state index contributed by atoms with van der Waals surface area (Å²) in [4.78, 5) is 0. The van der Waals surface area contributed by atoms with Crippen molar-refractivity contribution >= 4 is 23.6 Å². The van der Waals surface area contributed by atoms with E-state index in [-0.39, 0.29) is 17.3 Å². The molecule has 1 rings (SSSR count). The highest BCUT2D eigenvalue weighted by atomic mass is 32.2. The summed E-state index contributed by atoms with van der Waals surface area (Å²) >= 11 is 0. The highest BCUT2D eigenvalue weighted by Gasteiger charge is 2.21. The standard InChI is InChI=1S/C17H30NO2PS/c1-7-21(8-2)12-22(19,20)18-17-15(13(3)4)10-9-11-16(17)14(5)6/h9-11,13-14,18H,7-8,12H2,1-6H3. The van der Waals surface area contributed by atoms with Gasteiger partial charge < -0.3 is 0 Å². The van der Waals surface area contributed by atoms with E-state index in [1.54, 1.807) is 0 Å². The summed E-state index contributed by atoms with van der Waals surface area (Å²) < 4.78 is 28.1. The topological polar surface area (TPSA) is 46.2 Å². The number of para-hydroxylation sites is 1. The lowest BCUT2D eigenvalue weighted by molar-refractivity contribution is 0.605. The Morgan fingerprint density at radius 3 is 1.82 bits per heavy atom. The van der Waals surface area contributed by atoms with Crippen molar-refractivity contribution in [1.29, 1.82) is 0 Å². The van der Waals surface area contributed by atoms with Gasteiger partial charge in [-0.25, -0.2) is 8.42 Å². The number of nitrogens with one attached hydrogen (secondary N) is 1. The minimum absolute atomic E-state index is 0.263. The maximum absolute atomic E-state index is 12.6. The van der Waals surface area contributed by atoms with Crippen LogP contribution in [0.5, 0.6) is 0 Å². The molecule has 0 aliphatic heterocycles. The summed E-state index contributed by atoms with van der Waals surface area (Å²) in [5.41, 5.74) is 3.22. The minimum Gasteiger partial charge on any atom is -0.283 e. The largest absolute Gasteiger partial charge is 0.283 e. The van der Waals surface area contributed by atoms with Crippen molar-refractivity contribution in [2.45, 2.75) is 53.4 Å². The fourth-order valence-electron chi connectivity index (χ4n) is 2.50. The molecule has 1 aromatic carbocycles. The molecule has 0 radical (unpaired) electrons. The van der Waals surface area contributed by atoms with Crippen molar-refractivity contribution < 1.29 is 8.42 Å². The number of benzene rings is 1. The van der Waals surface area contributed by atoms with Crippen LogP contribution in [0.4, 0.5) is 5.69 Å². The van der Waals surface area contributed by atoms with Crippen LogP contribution in [-0.4, -0.2) is 26.2 Å². The monoisotopic (exact) mass is 343 g/mol. The number of hydrogen-bond acceptors (Lipinski definition) is 2.